The molecule has 0 radical (unpaired) electrons. The molecular weight excluding hydrogens is 312 g/mol. The van der Waals surface area contributed by atoms with Crippen LogP contribution >= 0.6 is 11.6 Å². The lowest BCUT2D eigenvalue weighted by Crippen LogP contribution is -2.59. The van der Waals surface area contributed by atoms with Gasteiger partial charge in [-0.15, -0.1) is 0 Å². The zero-order chi connectivity index (χ0) is 15.9. The van der Waals surface area contributed by atoms with Gasteiger partial charge in [0.05, 0.1) is 19.3 Å². The molecule has 1 spiro atoms. The Hall–Kier alpha value is -0.810. The molecule has 0 aliphatic carbocycles. The molecule has 3 fully saturated rings. The summed E-state index contributed by atoms with van der Waals surface area (Å²) in [4.78, 5) is 2.63. The first-order valence-electron chi connectivity index (χ1n) is 8.61. The number of halogens is 1. The monoisotopic (exact) mass is 336 g/mol. The Bertz CT molecular complexity index is 568. The topological polar surface area (TPSA) is 33.7 Å². The molecule has 4 nitrogen and oxygen atoms in total. The maximum atomic E-state index is 6.19. The van der Waals surface area contributed by atoms with E-state index in [1.165, 1.54) is 24.8 Å². The van der Waals surface area contributed by atoms with Crippen LogP contribution in [0.1, 0.15) is 30.7 Å². The van der Waals surface area contributed by atoms with E-state index < -0.39 is 0 Å². The molecule has 5 heteroatoms. The summed E-state index contributed by atoms with van der Waals surface area (Å²) in [5, 5.41) is 4.14. The average Bonchev–Trinajstić information content (AvgIpc) is 3.01. The molecule has 0 saturated carbocycles. The molecule has 3 aliphatic rings. The zero-order valence-electron chi connectivity index (χ0n) is 13.7. The average molecular weight is 337 g/mol. The minimum atomic E-state index is 0.150. The Morgan fingerprint density at radius 2 is 2.09 bits per heavy atom. The maximum Gasteiger partial charge on any atom is 0.122 e. The first-order chi connectivity index (χ1) is 11.2. The molecule has 3 saturated heterocycles. The van der Waals surface area contributed by atoms with Gasteiger partial charge in [-0.05, 0) is 62.0 Å². The number of nitrogens with zero attached hydrogens (tertiary/aromatic N) is 1. The van der Waals surface area contributed by atoms with Crippen LogP contribution in [0.15, 0.2) is 18.2 Å². The van der Waals surface area contributed by atoms with Crippen LogP contribution in [-0.2, 0) is 4.74 Å². The zero-order valence-corrected chi connectivity index (χ0v) is 14.4. The van der Waals surface area contributed by atoms with Gasteiger partial charge < -0.3 is 14.8 Å². The molecule has 3 heterocycles. The van der Waals surface area contributed by atoms with Crippen LogP contribution in [0.5, 0.6) is 5.75 Å². The van der Waals surface area contributed by atoms with Crippen LogP contribution in [0.3, 0.4) is 0 Å². The van der Waals surface area contributed by atoms with E-state index in [-0.39, 0.29) is 5.60 Å². The first-order valence-corrected chi connectivity index (χ1v) is 8.99. The van der Waals surface area contributed by atoms with Gasteiger partial charge in [0.15, 0.2) is 0 Å². The number of hydrogen-bond acceptors (Lipinski definition) is 4. The van der Waals surface area contributed by atoms with Crippen molar-refractivity contribution in [1.82, 2.24) is 10.2 Å². The summed E-state index contributed by atoms with van der Waals surface area (Å²) in [6.07, 6.45) is 3.52. The second-order valence-corrected chi connectivity index (χ2v) is 7.59. The largest absolute Gasteiger partial charge is 0.496 e. The summed E-state index contributed by atoms with van der Waals surface area (Å²) in [6, 6.07) is 6.57. The number of ether oxygens (including phenoxy) is 2. The summed E-state index contributed by atoms with van der Waals surface area (Å²) >= 11 is 6.19. The minimum Gasteiger partial charge on any atom is -0.496 e. The van der Waals surface area contributed by atoms with E-state index in [2.05, 4.69) is 16.3 Å². The second kappa shape index (κ2) is 6.25. The van der Waals surface area contributed by atoms with Crippen LogP contribution < -0.4 is 10.1 Å². The molecule has 1 N–H and O–H groups in total. The number of likely N-dealkylation sites (tertiary alicyclic amines) is 1. The molecule has 3 aliphatic heterocycles. The van der Waals surface area contributed by atoms with Crippen molar-refractivity contribution in [2.75, 3.05) is 39.9 Å². The van der Waals surface area contributed by atoms with Gasteiger partial charge in [0.2, 0.25) is 0 Å². The lowest BCUT2D eigenvalue weighted by Gasteiger charge is -2.40. The van der Waals surface area contributed by atoms with E-state index in [0.717, 1.165) is 43.6 Å². The number of piperidine rings is 1. The van der Waals surface area contributed by atoms with Crippen molar-refractivity contribution in [2.24, 2.45) is 0 Å². The van der Waals surface area contributed by atoms with Crippen molar-refractivity contribution < 1.29 is 9.47 Å². The molecule has 1 aromatic carbocycles. The Labute approximate surface area is 143 Å². The van der Waals surface area contributed by atoms with Gasteiger partial charge in [0.25, 0.3) is 0 Å². The van der Waals surface area contributed by atoms with Gasteiger partial charge >= 0.3 is 0 Å². The van der Waals surface area contributed by atoms with Crippen LogP contribution in [0, 0.1) is 0 Å². The lowest BCUT2D eigenvalue weighted by molar-refractivity contribution is -0.0367. The molecular formula is C18H25ClN2O2. The Morgan fingerprint density at radius 1 is 1.30 bits per heavy atom. The third-order valence-corrected chi connectivity index (χ3v) is 6.00. The van der Waals surface area contributed by atoms with Gasteiger partial charge in [-0.1, -0.05) is 11.6 Å². The molecule has 1 aromatic rings. The number of nitrogens with one attached hydrogen (secondary N) is 1. The molecule has 0 bridgehead atoms. The van der Waals surface area contributed by atoms with E-state index in [1.807, 2.05) is 12.1 Å². The van der Waals surface area contributed by atoms with Gasteiger partial charge in [-0.2, -0.15) is 0 Å². The van der Waals surface area contributed by atoms with Crippen molar-refractivity contribution in [1.29, 1.82) is 0 Å². The molecule has 0 amide bonds. The summed E-state index contributed by atoms with van der Waals surface area (Å²) < 4.78 is 11.6. The fourth-order valence-electron chi connectivity index (χ4n) is 4.30. The molecule has 0 aromatic heterocycles. The van der Waals surface area contributed by atoms with E-state index in [0.29, 0.717) is 12.0 Å². The Kier molecular flexibility index (Phi) is 4.26. The Balaban J connectivity index is 1.39. The summed E-state index contributed by atoms with van der Waals surface area (Å²) in [5.41, 5.74) is 1.42. The molecule has 4 rings (SSSR count). The van der Waals surface area contributed by atoms with Gasteiger partial charge in [0, 0.05) is 24.2 Å². The SMILES string of the molecule is COc1ccc(Cl)cc1C1CCN([C@@H]2COC3(CNC3)C2)CC1. The summed E-state index contributed by atoms with van der Waals surface area (Å²) in [5.74, 6) is 1.51. The molecule has 23 heavy (non-hydrogen) atoms. The van der Waals surface area contributed by atoms with E-state index in [9.17, 15) is 0 Å². The number of rotatable bonds is 3. The maximum absolute atomic E-state index is 6.19. The minimum absolute atomic E-state index is 0.150. The summed E-state index contributed by atoms with van der Waals surface area (Å²) in [7, 11) is 1.74. The highest BCUT2D eigenvalue weighted by Crippen LogP contribution is 2.38. The third kappa shape index (κ3) is 2.98. The van der Waals surface area contributed by atoms with Crippen molar-refractivity contribution in [3.05, 3.63) is 28.8 Å². The number of benzene rings is 1. The van der Waals surface area contributed by atoms with Crippen molar-refractivity contribution >= 4 is 11.6 Å². The lowest BCUT2D eigenvalue weighted by atomic mass is 9.86. The first kappa shape index (κ1) is 15.7. The Morgan fingerprint density at radius 3 is 2.70 bits per heavy atom. The van der Waals surface area contributed by atoms with E-state index in [1.54, 1.807) is 7.11 Å². The predicted octanol–water partition coefficient (Wildman–Crippen LogP) is 2.66. The number of hydrogen-bond donors (Lipinski definition) is 1. The molecule has 0 unspecified atom stereocenters. The number of methoxy groups -OCH3 is 1. The van der Waals surface area contributed by atoms with Gasteiger partial charge in [-0.25, -0.2) is 0 Å². The standard InChI is InChI=1S/C18H25ClN2O2/c1-22-17-3-2-14(19)8-16(17)13-4-6-21(7-5-13)15-9-18(23-10-15)11-20-12-18/h2-3,8,13,15,20H,4-7,9-12H2,1H3/t15-/m0/s1. The van der Waals surface area contributed by atoms with E-state index >= 15 is 0 Å². The van der Waals surface area contributed by atoms with Gasteiger partial charge in [0.1, 0.15) is 5.75 Å². The summed E-state index contributed by atoms with van der Waals surface area (Å²) in [6.45, 7) is 5.22. The quantitative estimate of drug-likeness (QED) is 0.920. The van der Waals surface area contributed by atoms with Crippen LogP contribution in [0.2, 0.25) is 5.02 Å². The highest BCUT2D eigenvalue weighted by molar-refractivity contribution is 6.30. The van der Waals surface area contributed by atoms with Gasteiger partial charge in [-0.3, -0.25) is 4.90 Å². The van der Waals surface area contributed by atoms with Crippen molar-refractivity contribution in [2.45, 2.75) is 36.8 Å². The van der Waals surface area contributed by atoms with Crippen LogP contribution in [-0.4, -0.2) is 56.4 Å². The second-order valence-electron chi connectivity index (χ2n) is 7.15. The fourth-order valence-corrected chi connectivity index (χ4v) is 4.49. The van der Waals surface area contributed by atoms with Crippen LogP contribution in [0.4, 0.5) is 0 Å². The smallest absolute Gasteiger partial charge is 0.122 e. The molecule has 1 atom stereocenters. The van der Waals surface area contributed by atoms with Crippen molar-refractivity contribution in [3.63, 3.8) is 0 Å². The predicted molar refractivity (Wildman–Crippen MR) is 91.5 cm³/mol. The third-order valence-electron chi connectivity index (χ3n) is 5.76. The van der Waals surface area contributed by atoms with E-state index in [4.69, 9.17) is 21.1 Å². The van der Waals surface area contributed by atoms with Crippen LogP contribution in [0.25, 0.3) is 0 Å². The fraction of sp³-hybridized carbons (Fsp3) is 0.667. The highest BCUT2D eigenvalue weighted by Gasteiger charge is 2.47. The normalized spacial score (nSPS) is 28.0. The van der Waals surface area contributed by atoms with Crippen molar-refractivity contribution in [3.8, 4) is 5.75 Å². The highest BCUT2D eigenvalue weighted by atomic mass is 35.5. The molecule has 126 valence electrons.